The van der Waals surface area contributed by atoms with Crippen molar-refractivity contribution in [1.29, 1.82) is 0 Å². The molecule has 19 heavy (non-hydrogen) atoms. The lowest BCUT2D eigenvalue weighted by Gasteiger charge is -2.09. The van der Waals surface area contributed by atoms with Gasteiger partial charge in [-0.15, -0.1) is 5.10 Å². The highest BCUT2D eigenvalue weighted by Gasteiger charge is 2.31. The van der Waals surface area contributed by atoms with E-state index in [0.29, 0.717) is 0 Å². The summed E-state index contributed by atoms with van der Waals surface area (Å²) < 4.78 is 2.53. The van der Waals surface area contributed by atoms with Crippen molar-refractivity contribution in [2.45, 2.75) is 12.5 Å². The van der Waals surface area contributed by atoms with Gasteiger partial charge in [0.15, 0.2) is 0 Å². The summed E-state index contributed by atoms with van der Waals surface area (Å²) in [5.41, 5.74) is 1.59. The number of likely N-dealkylation sites (N-methyl/N-ethyl adjacent to an activating group) is 1. The summed E-state index contributed by atoms with van der Waals surface area (Å²) in [7, 11) is 1.80. The second kappa shape index (κ2) is 4.73. The molecule has 0 aromatic carbocycles. The first kappa shape index (κ1) is 12.3. The van der Waals surface area contributed by atoms with E-state index in [1.165, 1.54) is 0 Å². The molecule has 0 radical (unpaired) electrons. The van der Waals surface area contributed by atoms with Crippen molar-refractivity contribution >= 4 is 21.8 Å². The average Bonchev–Trinajstić information content (AvgIpc) is 2.98. The lowest BCUT2D eigenvalue weighted by atomic mass is 10.2. The maximum Gasteiger partial charge on any atom is 0.247 e. The molecule has 98 valence electrons. The van der Waals surface area contributed by atoms with Gasteiger partial charge in [0.05, 0.1) is 6.20 Å². The summed E-state index contributed by atoms with van der Waals surface area (Å²) in [6, 6.07) is 1.69. The standard InChI is InChI=1S/C12H12BrN5O/c1-17-3-2-11(12(17)19)18-7-10(15-16-18)8-4-9(13)6-14-5-8/h4-7,11H,2-3H2,1H3. The van der Waals surface area contributed by atoms with Gasteiger partial charge in [0, 0.05) is 36.0 Å². The molecule has 0 spiro atoms. The number of rotatable bonds is 2. The summed E-state index contributed by atoms with van der Waals surface area (Å²) >= 11 is 3.37. The quantitative estimate of drug-likeness (QED) is 0.841. The highest BCUT2D eigenvalue weighted by molar-refractivity contribution is 9.10. The van der Waals surface area contributed by atoms with Gasteiger partial charge < -0.3 is 4.90 Å². The van der Waals surface area contributed by atoms with Crippen LogP contribution in [-0.4, -0.2) is 44.4 Å². The average molecular weight is 322 g/mol. The fourth-order valence-corrected chi connectivity index (χ4v) is 2.53. The molecular weight excluding hydrogens is 310 g/mol. The van der Waals surface area contributed by atoms with E-state index in [-0.39, 0.29) is 11.9 Å². The zero-order chi connectivity index (χ0) is 13.4. The minimum absolute atomic E-state index is 0.0869. The highest BCUT2D eigenvalue weighted by Crippen LogP contribution is 2.24. The molecule has 1 unspecified atom stereocenters. The summed E-state index contributed by atoms with van der Waals surface area (Å²) in [5, 5.41) is 8.18. The van der Waals surface area contributed by atoms with Gasteiger partial charge in [0.1, 0.15) is 11.7 Å². The first-order chi connectivity index (χ1) is 9.15. The van der Waals surface area contributed by atoms with E-state index in [1.807, 2.05) is 6.07 Å². The number of hydrogen-bond acceptors (Lipinski definition) is 4. The van der Waals surface area contributed by atoms with Crippen molar-refractivity contribution in [2.24, 2.45) is 0 Å². The van der Waals surface area contributed by atoms with Crippen LogP contribution in [0.1, 0.15) is 12.5 Å². The second-order valence-corrected chi connectivity index (χ2v) is 5.46. The molecule has 1 aliphatic rings. The van der Waals surface area contributed by atoms with Gasteiger partial charge in [-0.3, -0.25) is 9.78 Å². The molecule has 0 N–H and O–H groups in total. The lowest BCUT2D eigenvalue weighted by Crippen LogP contribution is -2.24. The maximum atomic E-state index is 11.9. The predicted molar refractivity (Wildman–Crippen MR) is 72.2 cm³/mol. The van der Waals surface area contributed by atoms with Crippen molar-refractivity contribution in [3.05, 3.63) is 29.1 Å². The van der Waals surface area contributed by atoms with Gasteiger partial charge in [0.25, 0.3) is 0 Å². The van der Waals surface area contributed by atoms with Crippen molar-refractivity contribution in [3.8, 4) is 11.3 Å². The van der Waals surface area contributed by atoms with Crippen LogP contribution in [0.15, 0.2) is 29.1 Å². The Labute approximate surface area is 118 Å². The number of pyridine rings is 1. The van der Waals surface area contributed by atoms with Gasteiger partial charge in [0.2, 0.25) is 5.91 Å². The molecule has 0 bridgehead atoms. The van der Waals surface area contributed by atoms with E-state index in [2.05, 4.69) is 31.2 Å². The number of nitrogens with zero attached hydrogens (tertiary/aromatic N) is 5. The molecule has 3 heterocycles. The third-order valence-electron chi connectivity index (χ3n) is 3.23. The maximum absolute atomic E-state index is 11.9. The second-order valence-electron chi connectivity index (χ2n) is 4.54. The van der Waals surface area contributed by atoms with Crippen LogP contribution < -0.4 is 0 Å². The Morgan fingerprint density at radius 2 is 2.26 bits per heavy atom. The fourth-order valence-electron chi connectivity index (χ4n) is 2.16. The fraction of sp³-hybridized carbons (Fsp3) is 0.333. The van der Waals surface area contributed by atoms with Crippen LogP contribution in [0.5, 0.6) is 0 Å². The third kappa shape index (κ3) is 2.25. The molecule has 2 aromatic heterocycles. The number of aromatic nitrogens is 4. The van der Waals surface area contributed by atoms with Crippen LogP contribution in [0.25, 0.3) is 11.3 Å². The molecule has 1 amide bonds. The molecule has 3 rings (SSSR count). The highest BCUT2D eigenvalue weighted by atomic mass is 79.9. The first-order valence-corrected chi connectivity index (χ1v) is 6.72. The van der Waals surface area contributed by atoms with Gasteiger partial charge >= 0.3 is 0 Å². The Bertz CT molecular complexity index is 626. The van der Waals surface area contributed by atoms with Gasteiger partial charge in [-0.2, -0.15) is 0 Å². The number of halogens is 1. The number of amides is 1. The first-order valence-electron chi connectivity index (χ1n) is 5.93. The molecule has 1 fully saturated rings. The minimum Gasteiger partial charge on any atom is -0.344 e. The zero-order valence-electron chi connectivity index (χ0n) is 10.3. The van der Waals surface area contributed by atoms with E-state index in [1.54, 1.807) is 35.2 Å². The van der Waals surface area contributed by atoms with Crippen LogP contribution in [0.2, 0.25) is 0 Å². The van der Waals surface area contributed by atoms with Crippen LogP contribution in [-0.2, 0) is 4.79 Å². The molecule has 2 aromatic rings. The number of carbonyl (C=O) groups excluding carboxylic acids is 1. The third-order valence-corrected chi connectivity index (χ3v) is 3.66. The molecule has 6 nitrogen and oxygen atoms in total. The molecule has 0 aliphatic carbocycles. The van der Waals surface area contributed by atoms with Crippen LogP contribution in [0.3, 0.4) is 0 Å². The Kier molecular flexibility index (Phi) is 3.06. The summed E-state index contributed by atoms with van der Waals surface area (Å²) in [6.45, 7) is 0.761. The Balaban J connectivity index is 1.90. The number of likely N-dealkylation sites (tertiary alicyclic amines) is 1. The summed E-state index contributed by atoms with van der Waals surface area (Å²) in [6.07, 6.45) is 6.01. The summed E-state index contributed by atoms with van der Waals surface area (Å²) in [4.78, 5) is 17.7. The Hall–Kier alpha value is -1.76. The SMILES string of the molecule is CN1CCC(n2cc(-c3cncc(Br)c3)nn2)C1=O. The van der Waals surface area contributed by atoms with Crippen molar-refractivity contribution in [2.75, 3.05) is 13.6 Å². The zero-order valence-corrected chi connectivity index (χ0v) is 11.9. The molecular formula is C12H12BrN5O. The van der Waals surface area contributed by atoms with Crippen molar-refractivity contribution in [3.63, 3.8) is 0 Å². The van der Waals surface area contributed by atoms with Crippen molar-refractivity contribution < 1.29 is 4.79 Å². The minimum atomic E-state index is -0.230. The van der Waals surface area contributed by atoms with Gasteiger partial charge in [-0.25, -0.2) is 4.68 Å². The smallest absolute Gasteiger partial charge is 0.247 e. The Morgan fingerprint density at radius 3 is 2.95 bits per heavy atom. The predicted octanol–water partition coefficient (Wildman–Crippen LogP) is 1.51. The van der Waals surface area contributed by atoms with E-state index in [0.717, 1.165) is 28.7 Å². The number of hydrogen-bond donors (Lipinski definition) is 0. The van der Waals surface area contributed by atoms with Gasteiger partial charge in [-0.05, 0) is 28.4 Å². The van der Waals surface area contributed by atoms with Crippen LogP contribution >= 0.6 is 15.9 Å². The molecule has 0 saturated carbocycles. The number of carbonyl (C=O) groups is 1. The van der Waals surface area contributed by atoms with Crippen molar-refractivity contribution in [1.82, 2.24) is 24.9 Å². The van der Waals surface area contributed by atoms with Crippen LogP contribution in [0.4, 0.5) is 0 Å². The molecule has 1 atom stereocenters. The molecule has 1 saturated heterocycles. The normalized spacial score (nSPS) is 19.2. The Morgan fingerprint density at radius 1 is 1.42 bits per heavy atom. The van der Waals surface area contributed by atoms with E-state index < -0.39 is 0 Å². The van der Waals surface area contributed by atoms with E-state index in [9.17, 15) is 4.79 Å². The van der Waals surface area contributed by atoms with Crippen LogP contribution in [0, 0.1) is 0 Å². The van der Waals surface area contributed by atoms with E-state index >= 15 is 0 Å². The molecule has 7 heteroatoms. The largest absolute Gasteiger partial charge is 0.344 e. The monoisotopic (exact) mass is 321 g/mol. The molecule has 1 aliphatic heterocycles. The topological polar surface area (TPSA) is 63.9 Å². The van der Waals surface area contributed by atoms with Gasteiger partial charge in [-0.1, -0.05) is 5.21 Å². The van der Waals surface area contributed by atoms with E-state index in [4.69, 9.17) is 0 Å². The summed E-state index contributed by atoms with van der Waals surface area (Å²) in [5.74, 6) is 0.0869. The lowest BCUT2D eigenvalue weighted by molar-refractivity contribution is -0.129.